The number of aryl methyl sites for hydroxylation is 1. The monoisotopic (exact) mass is 313 g/mol. The summed E-state index contributed by atoms with van der Waals surface area (Å²) < 4.78 is 0. The van der Waals surface area contributed by atoms with Crippen molar-refractivity contribution in [1.82, 2.24) is 0 Å². The molecule has 1 amide bonds. The van der Waals surface area contributed by atoms with Crippen molar-refractivity contribution in [2.45, 2.75) is 13.8 Å². The van der Waals surface area contributed by atoms with Crippen molar-refractivity contribution in [3.05, 3.63) is 64.2 Å². The molecule has 0 aliphatic carbocycles. The van der Waals surface area contributed by atoms with E-state index in [0.717, 1.165) is 11.3 Å². The second kappa shape index (κ2) is 7.40. The molecule has 120 valence electrons. The van der Waals surface area contributed by atoms with Gasteiger partial charge in [-0.2, -0.15) is 0 Å². The molecule has 2 aromatic rings. The molecule has 2 rings (SSSR count). The summed E-state index contributed by atoms with van der Waals surface area (Å²) in [6.45, 7) is 4.37. The SMILES string of the molecule is CCN(C(=O)CNc1cc([N+](=O)[O-])ccc1C)c1ccccc1. The molecule has 0 spiro atoms. The number of carbonyl (C=O) groups excluding carboxylic acids is 1. The Hall–Kier alpha value is -2.89. The quantitative estimate of drug-likeness (QED) is 0.655. The van der Waals surface area contributed by atoms with E-state index in [-0.39, 0.29) is 18.1 Å². The zero-order valence-corrected chi connectivity index (χ0v) is 13.2. The van der Waals surface area contributed by atoms with E-state index in [1.165, 1.54) is 12.1 Å². The average Bonchev–Trinajstić information content (AvgIpc) is 2.55. The van der Waals surface area contributed by atoms with Crippen LogP contribution in [0.1, 0.15) is 12.5 Å². The molecule has 0 bridgehead atoms. The lowest BCUT2D eigenvalue weighted by Gasteiger charge is -2.21. The standard InChI is InChI=1S/C17H19N3O3/c1-3-19(14-7-5-4-6-8-14)17(21)12-18-16-11-15(20(22)23)10-9-13(16)2/h4-11,18H,3,12H2,1-2H3. The predicted molar refractivity (Wildman–Crippen MR) is 90.8 cm³/mol. The fourth-order valence-corrected chi connectivity index (χ4v) is 2.29. The van der Waals surface area contributed by atoms with Gasteiger partial charge in [0.2, 0.25) is 5.91 Å². The van der Waals surface area contributed by atoms with E-state index in [0.29, 0.717) is 12.2 Å². The van der Waals surface area contributed by atoms with Crippen LogP contribution in [0.5, 0.6) is 0 Å². The molecule has 23 heavy (non-hydrogen) atoms. The summed E-state index contributed by atoms with van der Waals surface area (Å²) in [5.74, 6) is -0.0930. The van der Waals surface area contributed by atoms with Crippen LogP contribution in [0.2, 0.25) is 0 Å². The number of benzene rings is 2. The van der Waals surface area contributed by atoms with Gasteiger partial charge in [0, 0.05) is 30.1 Å². The fourth-order valence-electron chi connectivity index (χ4n) is 2.29. The molecule has 6 nitrogen and oxygen atoms in total. The van der Waals surface area contributed by atoms with E-state index in [1.807, 2.05) is 44.2 Å². The molecular formula is C17H19N3O3. The van der Waals surface area contributed by atoms with Crippen LogP contribution >= 0.6 is 0 Å². The Kier molecular flexibility index (Phi) is 5.30. The zero-order valence-electron chi connectivity index (χ0n) is 13.2. The number of amides is 1. The van der Waals surface area contributed by atoms with Gasteiger partial charge in [0.15, 0.2) is 0 Å². The van der Waals surface area contributed by atoms with Crippen molar-refractivity contribution in [2.75, 3.05) is 23.3 Å². The Morgan fingerprint density at radius 2 is 1.91 bits per heavy atom. The molecule has 0 radical (unpaired) electrons. The topological polar surface area (TPSA) is 75.5 Å². The molecule has 0 aromatic heterocycles. The number of rotatable bonds is 6. The minimum Gasteiger partial charge on any atom is -0.376 e. The number of nitrogens with zero attached hydrogens (tertiary/aromatic N) is 2. The predicted octanol–water partition coefficient (Wildman–Crippen LogP) is 3.37. The number of hydrogen-bond donors (Lipinski definition) is 1. The van der Waals surface area contributed by atoms with Crippen LogP contribution in [-0.4, -0.2) is 23.9 Å². The second-order valence-corrected chi connectivity index (χ2v) is 5.08. The Labute approximate surface area is 134 Å². The summed E-state index contributed by atoms with van der Waals surface area (Å²) in [5, 5.41) is 13.8. The molecule has 0 atom stereocenters. The van der Waals surface area contributed by atoms with Crippen LogP contribution in [0.25, 0.3) is 0 Å². The smallest absolute Gasteiger partial charge is 0.271 e. The number of nitro groups is 1. The van der Waals surface area contributed by atoms with Gasteiger partial charge >= 0.3 is 0 Å². The number of non-ortho nitro benzene ring substituents is 1. The highest BCUT2D eigenvalue weighted by molar-refractivity contribution is 5.96. The Morgan fingerprint density at radius 3 is 2.52 bits per heavy atom. The first-order valence-electron chi connectivity index (χ1n) is 7.37. The Bertz CT molecular complexity index is 701. The van der Waals surface area contributed by atoms with Gasteiger partial charge < -0.3 is 10.2 Å². The van der Waals surface area contributed by atoms with Crippen molar-refractivity contribution in [2.24, 2.45) is 0 Å². The van der Waals surface area contributed by atoms with Crippen molar-refractivity contribution < 1.29 is 9.72 Å². The second-order valence-electron chi connectivity index (χ2n) is 5.08. The van der Waals surface area contributed by atoms with Gasteiger partial charge in [-0.25, -0.2) is 0 Å². The maximum absolute atomic E-state index is 12.4. The zero-order chi connectivity index (χ0) is 16.8. The van der Waals surface area contributed by atoms with Gasteiger partial charge in [0.1, 0.15) is 0 Å². The van der Waals surface area contributed by atoms with Crippen LogP contribution in [0.3, 0.4) is 0 Å². The van der Waals surface area contributed by atoms with Gasteiger partial charge in [-0.1, -0.05) is 24.3 Å². The number of nitrogens with one attached hydrogen (secondary N) is 1. The number of para-hydroxylation sites is 1. The summed E-state index contributed by atoms with van der Waals surface area (Å²) in [7, 11) is 0. The first-order valence-corrected chi connectivity index (χ1v) is 7.37. The molecule has 0 aliphatic heterocycles. The van der Waals surface area contributed by atoms with E-state index >= 15 is 0 Å². The number of carbonyl (C=O) groups is 1. The van der Waals surface area contributed by atoms with E-state index in [9.17, 15) is 14.9 Å². The summed E-state index contributed by atoms with van der Waals surface area (Å²) in [5.41, 5.74) is 2.28. The highest BCUT2D eigenvalue weighted by Gasteiger charge is 2.14. The van der Waals surface area contributed by atoms with Gasteiger partial charge in [0.25, 0.3) is 5.69 Å². The molecular weight excluding hydrogens is 294 g/mol. The van der Waals surface area contributed by atoms with Crippen LogP contribution in [0.4, 0.5) is 17.1 Å². The van der Waals surface area contributed by atoms with Crippen LogP contribution in [0, 0.1) is 17.0 Å². The lowest BCUT2D eigenvalue weighted by Crippen LogP contribution is -2.35. The van der Waals surface area contributed by atoms with Gasteiger partial charge in [-0.15, -0.1) is 0 Å². The molecule has 6 heteroatoms. The number of anilines is 2. The fraction of sp³-hybridized carbons (Fsp3) is 0.235. The summed E-state index contributed by atoms with van der Waals surface area (Å²) in [6, 6.07) is 14.0. The normalized spacial score (nSPS) is 10.2. The van der Waals surface area contributed by atoms with Crippen molar-refractivity contribution >= 4 is 23.0 Å². The first kappa shape index (κ1) is 16.5. The largest absolute Gasteiger partial charge is 0.376 e. The summed E-state index contributed by atoms with van der Waals surface area (Å²) >= 11 is 0. The van der Waals surface area contributed by atoms with Crippen LogP contribution in [0.15, 0.2) is 48.5 Å². The minimum absolute atomic E-state index is 0.000885. The molecule has 2 aromatic carbocycles. The lowest BCUT2D eigenvalue weighted by molar-refractivity contribution is -0.384. The maximum atomic E-state index is 12.4. The first-order chi connectivity index (χ1) is 11.0. The van der Waals surface area contributed by atoms with Crippen LogP contribution in [-0.2, 0) is 4.79 Å². The van der Waals surface area contributed by atoms with Gasteiger partial charge in [-0.3, -0.25) is 14.9 Å². The van der Waals surface area contributed by atoms with Crippen molar-refractivity contribution in [3.63, 3.8) is 0 Å². The Morgan fingerprint density at radius 1 is 1.22 bits per heavy atom. The third kappa shape index (κ3) is 4.06. The summed E-state index contributed by atoms with van der Waals surface area (Å²) in [4.78, 5) is 24.5. The van der Waals surface area contributed by atoms with E-state index < -0.39 is 4.92 Å². The molecule has 1 N–H and O–H groups in total. The molecule has 0 heterocycles. The highest BCUT2D eigenvalue weighted by atomic mass is 16.6. The molecule has 0 fully saturated rings. The third-order valence-corrected chi connectivity index (χ3v) is 3.55. The number of likely N-dealkylation sites (N-methyl/N-ethyl adjacent to an activating group) is 1. The number of hydrogen-bond acceptors (Lipinski definition) is 4. The summed E-state index contributed by atoms with van der Waals surface area (Å²) in [6.07, 6.45) is 0. The third-order valence-electron chi connectivity index (χ3n) is 3.55. The van der Waals surface area contributed by atoms with Crippen molar-refractivity contribution in [1.29, 1.82) is 0 Å². The van der Waals surface area contributed by atoms with Gasteiger partial charge in [-0.05, 0) is 31.5 Å². The average molecular weight is 313 g/mol. The van der Waals surface area contributed by atoms with E-state index in [1.54, 1.807) is 11.0 Å². The molecule has 0 aliphatic rings. The Balaban J connectivity index is 2.09. The van der Waals surface area contributed by atoms with Gasteiger partial charge in [0.05, 0.1) is 11.5 Å². The minimum atomic E-state index is -0.450. The van der Waals surface area contributed by atoms with E-state index in [4.69, 9.17) is 0 Å². The molecule has 0 saturated carbocycles. The number of nitro benzene ring substituents is 1. The molecule has 0 saturated heterocycles. The maximum Gasteiger partial charge on any atom is 0.271 e. The lowest BCUT2D eigenvalue weighted by atomic mass is 10.2. The van der Waals surface area contributed by atoms with E-state index in [2.05, 4.69) is 5.32 Å². The molecule has 0 unspecified atom stereocenters. The van der Waals surface area contributed by atoms with Crippen molar-refractivity contribution in [3.8, 4) is 0 Å². The van der Waals surface area contributed by atoms with Crippen LogP contribution < -0.4 is 10.2 Å². The highest BCUT2D eigenvalue weighted by Crippen LogP contribution is 2.22.